The molecule has 0 aliphatic carbocycles. The summed E-state index contributed by atoms with van der Waals surface area (Å²) < 4.78 is 1.83. The molecule has 1 N–H and O–H groups in total. The molecule has 2 aromatic rings. The molecule has 108 valence electrons. The first-order chi connectivity index (χ1) is 9.67. The van der Waals surface area contributed by atoms with Gasteiger partial charge in [0.1, 0.15) is 5.82 Å². The lowest BCUT2D eigenvalue weighted by Gasteiger charge is -2.08. The third-order valence-electron chi connectivity index (χ3n) is 3.12. The fraction of sp³-hybridized carbons (Fsp3) is 0.533. The van der Waals surface area contributed by atoms with Crippen LogP contribution < -0.4 is 5.32 Å². The molecular formula is C15H23N5. The van der Waals surface area contributed by atoms with Gasteiger partial charge in [0.15, 0.2) is 5.82 Å². The highest BCUT2D eigenvalue weighted by atomic mass is 15.3. The molecule has 0 aliphatic rings. The molecule has 2 rings (SSSR count). The average molecular weight is 273 g/mol. The lowest BCUT2D eigenvalue weighted by atomic mass is 10.2. The number of hydrogen-bond donors (Lipinski definition) is 1. The van der Waals surface area contributed by atoms with E-state index in [4.69, 9.17) is 4.98 Å². The number of anilines is 1. The van der Waals surface area contributed by atoms with Crippen molar-refractivity contribution in [2.45, 2.75) is 40.0 Å². The molecule has 5 nitrogen and oxygen atoms in total. The Morgan fingerprint density at radius 2 is 2.00 bits per heavy atom. The Morgan fingerprint density at radius 1 is 1.20 bits per heavy atom. The Labute approximate surface area is 120 Å². The molecular weight excluding hydrogens is 250 g/mol. The second-order valence-corrected chi connectivity index (χ2v) is 4.87. The summed E-state index contributed by atoms with van der Waals surface area (Å²) in [6.07, 6.45) is 4.93. The normalized spacial score (nSPS) is 10.8. The second-order valence-electron chi connectivity index (χ2n) is 4.87. The molecule has 0 fully saturated rings. The zero-order valence-electron chi connectivity index (χ0n) is 12.8. The minimum Gasteiger partial charge on any atom is -0.370 e. The van der Waals surface area contributed by atoms with E-state index in [9.17, 15) is 0 Å². The highest BCUT2D eigenvalue weighted by Crippen LogP contribution is 2.22. The molecule has 0 unspecified atom stereocenters. The van der Waals surface area contributed by atoms with Crippen molar-refractivity contribution in [1.29, 1.82) is 0 Å². The molecule has 0 amide bonds. The lowest BCUT2D eigenvalue weighted by Crippen LogP contribution is -2.04. The van der Waals surface area contributed by atoms with Gasteiger partial charge in [-0.3, -0.25) is 4.68 Å². The zero-order chi connectivity index (χ0) is 14.5. The third-order valence-corrected chi connectivity index (χ3v) is 3.12. The molecule has 2 aromatic heterocycles. The molecule has 0 aliphatic heterocycles. The average Bonchev–Trinajstić information content (AvgIpc) is 2.80. The molecule has 5 heteroatoms. The van der Waals surface area contributed by atoms with Gasteiger partial charge in [0.2, 0.25) is 0 Å². The highest BCUT2D eigenvalue weighted by molar-refractivity contribution is 5.59. The van der Waals surface area contributed by atoms with Gasteiger partial charge in [0, 0.05) is 31.5 Å². The van der Waals surface area contributed by atoms with Crippen molar-refractivity contribution in [1.82, 2.24) is 19.7 Å². The van der Waals surface area contributed by atoms with Crippen LogP contribution in [0.5, 0.6) is 0 Å². The third kappa shape index (κ3) is 3.15. The summed E-state index contributed by atoms with van der Waals surface area (Å²) in [7, 11) is 1.93. The van der Waals surface area contributed by atoms with Crippen LogP contribution in [0.15, 0.2) is 12.3 Å². The van der Waals surface area contributed by atoms with E-state index in [1.807, 2.05) is 24.0 Å². The maximum Gasteiger partial charge on any atom is 0.165 e. The topological polar surface area (TPSA) is 55.6 Å². The van der Waals surface area contributed by atoms with E-state index in [2.05, 4.69) is 36.2 Å². The monoisotopic (exact) mass is 273 g/mol. The summed E-state index contributed by atoms with van der Waals surface area (Å²) in [4.78, 5) is 9.32. The van der Waals surface area contributed by atoms with Gasteiger partial charge < -0.3 is 5.32 Å². The van der Waals surface area contributed by atoms with Gasteiger partial charge >= 0.3 is 0 Å². The Hall–Kier alpha value is -1.91. The molecule has 0 aromatic carbocycles. The van der Waals surface area contributed by atoms with Crippen LogP contribution >= 0.6 is 0 Å². The van der Waals surface area contributed by atoms with Crippen LogP contribution in [0.1, 0.15) is 38.6 Å². The van der Waals surface area contributed by atoms with Crippen molar-refractivity contribution in [2.75, 3.05) is 11.9 Å². The largest absolute Gasteiger partial charge is 0.370 e. The van der Waals surface area contributed by atoms with Crippen LogP contribution in [0.25, 0.3) is 11.4 Å². The van der Waals surface area contributed by atoms with Crippen molar-refractivity contribution in [3.8, 4) is 11.4 Å². The van der Waals surface area contributed by atoms with E-state index in [0.717, 1.165) is 54.4 Å². The van der Waals surface area contributed by atoms with Crippen molar-refractivity contribution in [2.24, 2.45) is 7.05 Å². The predicted molar refractivity (Wildman–Crippen MR) is 81.8 cm³/mol. The van der Waals surface area contributed by atoms with Crippen molar-refractivity contribution < 1.29 is 0 Å². The minimum atomic E-state index is 0.775. The Morgan fingerprint density at radius 3 is 2.65 bits per heavy atom. The van der Waals surface area contributed by atoms with Crippen molar-refractivity contribution in [3.05, 3.63) is 23.7 Å². The number of aryl methyl sites for hydroxylation is 3. The fourth-order valence-corrected chi connectivity index (χ4v) is 2.26. The fourth-order valence-electron chi connectivity index (χ4n) is 2.26. The van der Waals surface area contributed by atoms with Gasteiger partial charge in [-0.1, -0.05) is 20.3 Å². The van der Waals surface area contributed by atoms with Crippen molar-refractivity contribution >= 4 is 5.82 Å². The first kappa shape index (κ1) is 14.5. The lowest BCUT2D eigenvalue weighted by molar-refractivity contribution is 0.746. The standard InChI is InChI=1S/C15H23N5/c1-5-8-11-9-14(16-7-3)18-15(17-11)12-10-20(4)19-13(12)6-2/h9-10H,5-8H2,1-4H3,(H,16,17,18). The smallest absolute Gasteiger partial charge is 0.165 e. The van der Waals surface area contributed by atoms with Gasteiger partial charge in [-0.15, -0.1) is 0 Å². The Kier molecular flexibility index (Phi) is 4.71. The molecule has 20 heavy (non-hydrogen) atoms. The van der Waals surface area contributed by atoms with Crippen LogP contribution in [-0.4, -0.2) is 26.3 Å². The van der Waals surface area contributed by atoms with Crippen LogP contribution in [0, 0.1) is 0 Å². The van der Waals surface area contributed by atoms with E-state index in [1.165, 1.54) is 0 Å². The molecule has 0 bridgehead atoms. The first-order valence-corrected chi connectivity index (χ1v) is 7.32. The highest BCUT2D eigenvalue weighted by Gasteiger charge is 2.13. The summed E-state index contributed by atoms with van der Waals surface area (Å²) in [5, 5.41) is 7.76. The number of rotatable bonds is 6. The molecule has 0 spiro atoms. The van der Waals surface area contributed by atoms with E-state index in [-0.39, 0.29) is 0 Å². The summed E-state index contributed by atoms with van der Waals surface area (Å²) >= 11 is 0. The summed E-state index contributed by atoms with van der Waals surface area (Å²) in [6.45, 7) is 7.20. The van der Waals surface area contributed by atoms with Gasteiger partial charge in [0.05, 0.1) is 11.3 Å². The van der Waals surface area contributed by atoms with Gasteiger partial charge in [-0.25, -0.2) is 9.97 Å². The van der Waals surface area contributed by atoms with Crippen LogP contribution in [0.3, 0.4) is 0 Å². The summed E-state index contributed by atoms with van der Waals surface area (Å²) in [5.41, 5.74) is 3.16. The number of hydrogen-bond acceptors (Lipinski definition) is 4. The number of nitrogens with one attached hydrogen (secondary N) is 1. The van der Waals surface area contributed by atoms with Gasteiger partial charge in [0.25, 0.3) is 0 Å². The summed E-state index contributed by atoms with van der Waals surface area (Å²) in [6, 6.07) is 2.04. The zero-order valence-corrected chi connectivity index (χ0v) is 12.8. The second kappa shape index (κ2) is 6.50. The molecule has 0 atom stereocenters. The van der Waals surface area contributed by atoms with E-state index < -0.39 is 0 Å². The molecule has 0 radical (unpaired) electrons. The maximum absolute atomic E-state index is 4.69. The van der Waals surface area contributed by atoms with Crippen molar-refractivity contribution in [3.63, 3.8) is 0 Å². The maximum atomic E-state index is 4.69. The van der Waals surface area contributed by atoms with E-state index in [1.54, 1.807) is 0 Å². The SMILES string of the molecule is CCCc1cc(NCC)nc(-c2cn(C)nc2CC)n1. The first-order valence-electron chi connectivity index (χ1n) is 7.32. The van der Waals surface area contributed by atoms with Gasteiger partial charge in [-0.2, -0.15) is 5.10 Å². The molecule has 2 heterocycles. The van der Waals surface area contributed by atoms with E-state index >= 15 is 0 Å². The Bertz CT molecular complexity index is 549. The van der Waals surface area contributed by atoms with E-state index in [0.29, 0.717) is 0 Å². The summed E-state index contributed by atoms with van der Waals surface area (Å²) in [5.74, 6) is 1.67. The van der Waals surface area contributed by atoms with Crippen LogP contribution in [0.4, 0.5) is 5.82 Å². The van der Waals surface area contributed by atoms with Crippen LogP contribution in [-0.2, 0) is 19.9 Å². The molecule has 0 saturated carbocycles. The van der Waals surface area contributed by atoms with Crippen LogP contribution in [0.2, 0.25) is 0 Å². The number of aromatic nitrogens is 4. The quantitative estimate of drug-likeness (QED) is 0.879. The Balaban J connectivity index is 2.48. The number of nitrogens with zero attached hydrogens (tertiary/aromatic N) is 4. The minimum absolute atomic E-state index is 0.775. The molecule has 0 saturated heterocycles. The van der Waals surface area contributed by atoms with Gasteiger partial charge in [-0.05, 0) is 19.8 Å². The predicted octanol–water partition coefficient (Wildman–Crippen LogP) is 2.82.